The Kier molecular flexibility index (Phi) is 6.44. The van der Waals surface area contributed by atoms with E-state index in [1.165, 1.54) is 18.1 Å². The summed E-state index contributed by atoms with van der Waals surface area (Å²) < 4.78 is 5.37. The molecule has 1 aliphatic rings. The monoisotopic (exact) mass is 431 g/mol. The van der Waals surface area contributed by atoms with Crippen molar-refractivity contribution >= 4 is 23.3 Å². The van der Waals surface area contributed by atoms with E-state index in [4.69, 9.17) is 4.42 Å². The summed E-state index contributed by atoms with van der Waals surface area (Å²) in [5, 5.41) is 3.11. The fourth-order valence-electron chi connectivity index (χ4n) is 4.06. The van der Waals surface area contributed by atoms with Crippen LogP contribution in [0.5, 0.6) is 0 Å². The second kappa shape index (κ2) is 9.60. The maximum absolute atomic E-state index is 13.5. The van der Waals surface area contributed by atoms with E-state index in [2.05, 4.69) is 10.3 Å². The highest BCUT2D eigenvalue weighted by atomic mass is 16.3. The number of carbonyl (C=O) groups is 3. The molecule has 7 heteroatoms. The molecule has 164 valence electrons. The van der Waals surface area contributed by atoms with Gasteiger partial charge in [-0.15, -0.1) is 0 Å². The zero-order chi connectivity index (χ0) is 22.5. The maximum atomic E-state index is 13.5. The van der Waals surface area contributed by atoms with Gasteiger partial charge in [0.15, 0.2) is 11.5 Å². The number of amides is 2. The molecular formula is C25H25N3O4. The van der Waals surface area contributed by atoms with Gasteiger partial charge in [0.1, 0.15) is 6.04 Å². The van der Waals surface area contributed by atoms with E-state index >= 15 is 0 Å². The maximum Gasteiger partial charge on any atom is 0.294 e. The Labute approximate surface area is 186 Å². The van der Waals surface area contributed by atoms with Crippen molar-refractivity contribution in [2.45, 2.75) is 44.7 Å². The van der Waals surface area contributed by atoms with Gasteiger partial charge in [-0.3, -0.25) is 24.3 Å². The molecule has 1 fully saturated rings. The summed E-state index contributed by atoms with van der Waals surface area (Å²) >= 11 is 0. The fourth-order valence-corrected chi connectivity index (χ4v) is 4.06. The Morgan fingerprint density at radius 3 is 2.41 bits per heavy atom. The van der Waals surface area contributed by atoms with E-state index in [0.717, 1.165) is 25.7 Å². The quantitative estimate of drug-likeness (QED) is 0.562. The molecule has 1 unspecified atom stereocenters. The Bertz CT molecular complexity index is 1070. The predicted molar refractivity (Wildman–Crippen MR) is 119 cm³/mol. The van der Waals surface area contributed by atoms with Crippen molar-refractivity contribution in [2.24, 2.45) is 0 Å². The number of furan rings is 1. The topological polar surface area (TPSA) is 92.5 Å². The number of hydrogen-bond acceptors (Lipinski definition) is 5. The van der Waals surface area contributed by atoms with Crippen LogP contribution in [0.4, 0.5) is 5.69 Å². The minimum absolute atomic E-state index is 0.0803. The summed E-state index contributed by atoms with van der Waals surface area (Å²) in [6, 6.07) is 12.5. The average molecular weight is 431 g/mol. The molecule has 0 aliphatic heterocycles. The van der Waals surface area contributed by atoms with Crippen LogP contribution >= 0.6 is 0 Å². The Morgan fingerprint density at radius 2 is 1.81 bits per heavy atom. The first-order valence-electron chi connectivity index (χ1n) is 10.7. The summed E-state index contributed by atoms with van der Waals surface area (Å²) in [6.45, 7) is 1.48. The third-order valence-corrected chi connectivity index (χ3v) is 5.71. The average Bonchev–Trinajstić information content (AvgIpc) is 3.52. The lowest BCUT2D eigenvalue weighted by Gasteiger charge is -2.31. The van der Waals surface area contributed by atoms with Gasteiger partial charge in [0.2, 0.25) is 5.91 Å². The zero-order valence-corrected chi connectivity index (χ0v) is 17.9. The molecule has 0 spiro atoms. The van der Waals surface area contributed by atoms with Crippen LogP contribution in [0.3, 0.4) is 0 Å². The van der Waals surface area contributed by atoms with E-state index < -0.39 is 11.9 Å². The summed E-state index contributed by atoms with van der Waals surface area (Å²) in [5.41, 5.74) is 1.58. The lowest BCUT2D eigenvalue weighted by Crippen LogP contribution is -2.46. The first kappa shape index (κ1) is 21.5. The van der Waals surface area contributed by atoms with Gasteiger partial charge < -0.3 is 9.73 Å². The number of nitrogens with one attached hydrogen (secondary N) is 1. The SMILES string of the molecule is CC(=O)c1ccc(N(C(=O)c2ccco2)C(C(=O)NC2CCCC2)c2cccnc2)cc1. The molecular weight excluding hydrogens is 406 g/mol. The van der Waals surface area contributed by atoms with E-state index in [1.807, 2.05) is 0 Å². The highest BCUT2D eigenvalue weighted by Crippen LogP contribution is 2.31. The first-order chi connectivity index (χ1) is 15.5. The number of hydrogen-bond donors (Lipinski definition) is 1. The van der Waals surface area contributed by atoms with Gasteiger partial charge >= 0.3 is 0 Å². The zero-order valence-electron chi connectivity index (χ0n) is 17.9. The molecule has 7 nitrogen and oxygen atoms in total. The molecule has 32 heavy (non-hydrogen) atoms. The molecule has 1 saturated carbocycles. The molecule has 0 bridgehead atoms. The molecule has 1 atom stereocenters. The van der Waals surface area contributed by atoms with Gasteiger partial charge in [0, 0.05) is 35.2 Å². The van der Waals surface area contributed by atoms with Crippen LogP contribution < -0.4 is 10.2 Å². The lowest BCUT2D eigenvalue weighted by molar-refractivity contribution is -0.123. The van der Waals surface area contributed by atoms with Crippen molar-refractivity contribution < 1.29 is 18.8 Å². The number of rotatable bonds is 7. The second-order valence-corrected chi connectivity index (χ2v) is 7.93. The van der Waals surface area contributed by atoms with E-state index in [9.17, 15) is 14.4 Å². The van der Waals surface area contributed by atoms with Crippen molar-refractivity contribution in [3.63, 3.8) is 0 Å². The van der Waals surface area contributed by atoms with Crippen molar-refractivity contribution in [3.05, 3.63) is 84.1 Å². The summed E-state index contributed by atoms with van der Waals surface area (Å²) in [7, 11) is 0. The number of pyridine rings is 1. The van der Waals surface area contributed by atoms with Crippen molar-refractivity contribution in [1.29, 1.82) is 0 Å². The van der Waals surface area contributed by atoms with Gasteiger partial charge in [-0.1, -0.05) is 18.9 Å². The molecule has 1 N–H and O–H groups in total. The van der Waals surface area contributed by atoms with E-state index in [0.29, 0.717) is 16.8 Å². The Balaban J connectivity index is 1.79. The van der Waals surface area contributed by atoms with Gasteiger partial charge in [-0.25, -0.2) is 0 Å². The number of carbonyl (C=O) groups excluding carboxylic acids is 3. The van der Waals surface area contributed by atoms with Crippen LogP contribution in [-0.4, -0.2) is 28.6 Å². The normalized spacial score (nSPS) is 14.7. The minimum Gasteiger partial charge on any atom is -0.459 e. The third kappa shape index (κ3) is 4.61. The lowest BCUT2D eigenvalue weighted by atomic mass is 10.0. The Hall–Kier alpha value is -3.74. The number of Topliss-reactive ketones (excluding diaryl/α,β-unsaturated/α-hetero) is 1. The number of anilines is 1. The summed E-state index contributed by atoms with van der Waals surface area (Å²) in [6.07, 6.45) is 8.62. The van der Waals surface area contributed by atoms with Crippen molar-refractivity contribution in [2.75, 3.05) is 4.90 Å². The molecule has 1 aliphatic carbocycles. The highest BCUT2D eigenvalue weighted by molar-refractivity contribution is 6.09. The number of ketones is 1. The molecule has 4 rings (SSSR count). The molecule has 1 aromatic carbocycles. The number of nitrogens with zero attached hydrogens (tertiary/aromatic N) is 2. The van der Waals surface area contributed by atoms with Crippen molar-refractivity contribution in [3.8, 4) is 0 Å². The van der Waals surface area contributed by atoms with Crippen LogP contribution in [0, 0.1) is 0 Å². The van der Waals surface area contributed by atoms with E-state index in [1.54, 1.807) is 60.9 Å². The summed E-state index contributed by atoms with van der Waals surface area (Å²) in [4.78, 5) is 44.4. The predicted octanol–water partition coefficient (Wildman–Crippen LogP) is 4.32. The molecule has 3 aromatic rings. The van der Waals surface area contributed by atoms with Crippen LogP contribution in [0.25, 0.3) is 0 Å². The largest absolute Gasteiger partial charge is 0.459 e. The second-order valence-electron chi connectivity index (χ2n) is 7.93. The van der Waals surface area contributed by atoms with Gasteiger partial charge in [-0.05, 0) is 62.2 Å². The van der Waals surface area contributed by atoms with Gasteiger partial charge in [0.25, 0.3) is 5.91 Å². The molecule has 0 radical (unpaired) electrons. The van der Waals surface area contributed by atoms with Crippen LogP contribution in [0.1, 0.15) is 65.1 Å². The fraction of sp³-hybridized carbons (Fsp3) is 0.280. The standard InChI is InChI=1S/C25H25N3O4/c1-17(29)18-10-12-21(13-11-18)28(25(31)22-9-5-15-32-22)23(19-6-4-14-26-16-19)24(30)27-20-7-2-3-8-20/h4-6,9-16,20,23H,2-3,7-8H2,1H3,(H,27,30). The van der Waals surface area contributed by atoms with Crippen LogP contribution in [0.2, 0.25) is 0 Å². The van der Waals surface area contributed by atoms with E-state index in [-0.39, 0.29) is 23.5 Å². The Morgan fingerprint density at radius 1 is 1.06 bits per heavy atom. The smallest absolute Gasteiger partial charge is 0.294 e. The van der Waals surface area contributed by atoms with Gasteiger partial charge in [0.05, 0.1) is 6.26 Å². The molecule has 2 amide bonds. The minimum atomic E-state index is -0.954. The molecule has 2 heterocycles. The molecule has 0 saturated heterocycles. The number of aromatic nitrogens is 1. The highest BCUT2D eigenvalue weighted by Gasteiger charge is 2.36. The summed E-state index contributed by atoms with van der Waals surface area (Å²) in [5.74, 6) is -0.701. The van der Waals surface area contributed by atoms with Crippen molar-refractivity contribution in [1.82, 2.24) is 10.3 Å². The first-order valence-corrected chi connectivity index (χ1v) is 10.7. The number of benzene rings is 1. The van der Waals surface area contributed by atoms with Crippen LogP contribution in [0.15, 0.2) is 71.6 Å². The van der Waals surface area contributed by atoms with Crippen LogP contribution in [-0.2, 0) is 4.79 Å². The third-order valence-electron chi connectivity index (χ3n) is 5.71. The van der Waals surface area contributed by atoms with Gasteiger partial charge in [-0.2, -0.15) is 0 Å². The molecule has 2 aromatic heterocycles.